The van der Waals surface area contributed by atoms with E-state index in [-0.39, 0.29) is 35.8 Å². The van der Waals surface area contributed by atoms with Crippen molar-refractivity contribution in [2.24, 2.45) is 5.41 Å². The highest BCUT2D eigenvalue weighted by molar-refractivity contribution is 5.78. The number of carbonyl (C=O) groups is 1. The van der Waals surface area contributed by atoms with Crippen molar-refractivity contribution in [2.45, 2.75) is 39.8 Å². The molecule has 140 valence electrons. The van der Waals surface area contributed by atoms with Crippen LogP contribution in [0.1, 0.15) is 50.9 Å². The van der Waals surface area contributed by atoms with Crippen molar-refractivity contribution in [3.05, 3.63) is 71.5 Å². The lowest BCUT2D eigenvalue weighted by atomic mass is 9.82. The Morgan fingerprint density at radius 2 is 1.62 bits per heavy atom. The summed E-state index contributed by atoms with van der Waals surface area (Å²) >= 11 is 0. The molecule has 0 spiro atoms. The predicted octanol–water partition coefficient (Wildman–Crippen LogP) is 4.72. The second kappa shape index (κ2) is 8.45. The first-order valence-electron chi connectivity index (χ1n) is 8.99. The lowest BCUT2D eigenvalue weighted by Gasteiger charge is -2.33. The molecule has 1 amide bonds. The standard InChI is InChI=1S/C22H29FN2O/c1-16(17-9-7-6-8-10-17)25(5)20(26)15-24-21(22(2,3)4)18-11-13-19(23)14-12-18/h6-14,16,21,24H,15H2,1-5H3. The maximum Gasteiger partial charge on any atom is 0.236 e. The molecule has 0 radical (unpaired) electrons. The summed E-state index contributed by atoms with van der Waals surface area (Å²) in [5, 5.41) is 3.37. The first-order valence-corrected chi connectivity index (χ1v) is 8.99. The Labute approximate surface area is 156 Å². The molecule has 0 saturated carbocycles. The van der Waals surface area contributed by atoms with E-state index in [1.165, 1.54) is 12.1 Å². The summed E-state index contributed by atoms with van der Waals surface area (Å²) in [6, 6.07) is 16.4. The van der Waals surface area contributed by atoms with Crippen LogP contribution in [0.15, 0.2) is 54.6 Å². The van der Waals surface area contributed by atoms with Gasteiger partial charge in [-0.1, -0.05) is 63.2 Å². The van der Waals surface area contributed by atoms with Crippen LogP contribution in [0.2, 0.25) is 0 Å². The highest BCUT2D eigenvalue weighted by atomic mass is 19.1. The molecule has 4 heteroatoms. The van der Waals surface area contributed by atoms with Crippen molar-refractivity contribution in [3.63, 3.8) is 0 Å². The Balaban J connectivity index is 2.05. The number of likely N-dealkylation sites (N-methyl/N-ethyl adjacent to an activating group) is 1. The maximum absolute atomic E-state index is 13.2. The van der Waals surface area contributed by atoms with E-state index in [2.05, 4.69) is 26.1 Å². The van der Waals surface area contributed by atoms with Crippen LogP contribution in [0.25, 0.3) is 0 Å². The molecule has 3 nitrogen and oxygen atoms in total. The predicted molar refractivity (Wildman–Crippen MR) is 104 cm³/mol. The van der Waals surface area contributed by atoms with Crippen LogP contribution in [-0.4, -0.2) is 24.4 Å². The van der Waals surface area contributed by atoms with Crippen LogP contribution >= 0.6 is 0 Å². The summed E-state index contributed by atoms with van der Waals surface area (Å²) in [6.07, 6.45) is 0. The van der Waals surface area contributed by atoms with Crippen LogP contribution in [0.5, 0.6) is 0 Å². The van der Waals surface area contributed by atoms with E-state index in [0.717, 1.165) is 11.1 Å². The zero-order valence-electron chi connectivity index (χ0n) is 16.3. The monoisotopic (exact) mass is 356 g/mol. The fourth-order valence-corrected chi connectivity index (χ4v) is 3.06. The van der Waals surface area contributed by atoms with Gasteiger partial charge in [0.05, 0.1) is 12.6 Å². The first kappa shape index (κ1) is 20.1. The van der Waals surface area contributed by atoms with E-state index in [1.807, 2.05) is 44.3 Å². The van der Waals surface area contributed by atoms with E-state index >= 15 is 0 Å². The van der Waals surface area contributed by atoms with Crippen LogP contribution in [0.3, 0.4) is 0 Å². The van der Waals surface area contributed by atoms with Gasteiger partial charge < -0.3 is 10.2 Å². The maximum atomic E-state index is 13.2. The molecule has 0 bridgehead atoms. The summed E-state index contributed by atoms with van der Waals surface area (Å²) < 4.78 is 13.2. The molecule has 2 aromatic carbocycles. The summed E-state index contributed by atoms with van der Waals surface area (Å²) in [4.78, 5) is 14.4. The number of carbonyl (C=O) groups excluding carboxylic acids is 1. The summed E-state index contributed by atoms with van der Waals surface area (Å²) in [7, 11) is 1.83. The minimum absolute atomic E-state index is 0.00408. The van der Waals surface area contributed by atoms with Crippen LogP contribution < -0.4 is 5.32 Å². The largest absolute Gasteiger partial charge is 0.338 e. The minimum Gasteiger partial charge on any atom is -0.338 e. The number of nitrogens with zero attached hydrogens (tertiary/aromatic N) is 1. The molecule has 0 aliphatic heterocycles. The Bertz CT molecular complexity index is 707. The number of amides is 1. The van der Waals surface area contributed by atoms with Crippen LogP contribution in [0, 0.1) is 11.2 Å². The van der Waals surface area contributed by atoms with Crippen molar-refractivity contribution in [3.8, 4) is 0 Å². The highest BCUT2D eigenvalue weighted by Gasteiger charge is 2.27. The summed E-state index contributed by atoms with van der Waals surface area (Å²) in [5.74, 6) is -0.230. The molecule has 0 fully saturated rings. The molecule has 2 rings (SSSR count). The van der Waals surface area contributed by atoms with E-state index in [9.17, 15) is 9.18 Å². The Morgan fingerprint density at radius 1 is 1.04 bits per heavy atom. The van der Waals surface area contributed by atoms with Crippen molar-refractivity contribution in [1.29, 1.82) is 0 Å². The SMILES string of the molecule is CC(c1ccccc1)N(C)C(=O)CNC(c1ccc(F)cc1)C(C)(C)C. The Kier molecular flexibility index (Phi) is 6.54. The quantitative estimate of drug-likeness (QED) is 0.812. The van der Waals surface area contributed by atoms with Gasteiger partial charge in [0.25, 0.3) is 0 Å². The third-order valence-corrected chi connectivity index (χ3v) is 4.78. The molecule has 1 N–H and O–H groups in total. The van der Waals surface area contributed by atoms with Crippen LogP contribution in [-0.2, 0) is 4.79 Å². The van der Waals surface area contributed by atoms with Gasteiger partial charge in [-0.25, -0.2) is 4.39 Å². The molecule has 2 aromatic rings. The summed E-state index contributed by atoms with van der Waals surface area (Å²) in [5.41, 5.74) is 1.97. The third-order valence-electron chi connectivity index (χ3n) is 4.78. The molecular formula is C22H29FN2O. The second-order valence-electron chi connectivity index (χ2n) is 7.82. The van der Waals surface area contributed by atoms with E-state index in [0.29, 0.717) is 0 Å². The highest BCUT2D eigenvalue weighted by Crippen LogP contribution is 2.32. The molecule has 0 heterocycles. The average Bonchev–Trinajstić information content (AvgIpc) is 2.61. The van der Waals surface area contributed by atoms with Gasteiger partial charge in [-0.05, 0) is 35.6 Å². The fraction of sp³-hybridized carbons (Fsp3) is 0.409. The normalized spacial score (nSPS) is 13.9. The van der Waals surface area contributed by atoms with Gasteiger partial charge in [-0.3, -0.25) is 4.79 Å². The van der Waals surface area contributed by atoms with Gasteiger partial charge in [-0.15, -0.1) is 0 Å². The molecule has 0 aromatic heterocycles. The van der Waals surface area contributed by atoms with Gasteiger partial charge in [0, 0.05) is 13.1 Å². The smallest absolute Gasteiger partial charge is 0.236 e. The Hall–Kier alpha value is -2.20. The number of rotatable bonds is 6. The van der Waals surface area contributed by atoms with Gasteiger partial charge in [0.2, 0.25) is 5.91 Å². The van der Waals surface area contributed by atoms with Gasteiger partial charge in [0.15, 0.2) is 0 Å². The molecule has 0 aliphatic rings. The van der Waals surface area contributed by atoms with Gasteiger partial charge in [0.1, 0.15) is 5.82 Å². The minimum atomic E-state index is -0.256. The number of halogens is 1. The average molecular weight is 356 g/mol. The molecule has 26 heavy (non-hydrogen) atoms. The molecule has 0 saturated heterocycles. The van der Waals surface area contributed by atoms with E-state index < -0.39 is 0 Å². The lowest BCUT2D eigenvalue weighted by molar-refractivity contribution is -0.131. The number of hydrogen-bond donors (Lipinski definition) is 1. The lowest BCUT2D eigenvalue weighted by Crippen LogP contribution is -2.41. The van der Waals surface area contributed by atoms with Crippen molar-refractivity contribution < 1.29 is 9.18 Å². The molecule has 2 unspecified atom stereocenters. The molecule has 0 aliphatic carbocycles. The van der Waals surface area contributed by atoms with Crippen molar-refractivity contribution >= 4 is 5.91 Å². The number of benzene rings is 2. The van der Waals surface area contributed by atoms with Crippen molar-refractivity contribution in [1.82, 2.24) is 10.2 Å². The van der Waals surface area contributed by atoms with E-state index in [4.69, 9.17) is 0 Å². The van der Waals surface area contributed by atoms with Crippen molar-refractivity contribution in [2.75, 3.05) is 13.6 Å². The topological polar surface area (TPSA) is 32.3 Å². The zero-order valence-corrected chi connectivity index (χ0v) is 16.3. The molecular weight excluding hydrogens is 327 g/mol. The van der Waals surface area contributed by atoms with Crippen LogP contribution in [0.4, 0.5) is 4.39 Å². The number of hydrogen-bond acceptors (Lipinski definition) is 2. The van der Waals surface area contributed by atoms with Gasteiger partial charge >= 0.3 is 0 Å². The number of nitrogens with one attached hydrogen (secondary N) is 1. The molecule has 2 atom stereocenters. The Morgan fingerprint density at radius 3 is 2.15 bits per heavy atom. The fourth-order valence-electron chi connectivity index (χ4n) is 3.06. The summed E-state index contributed by atoms with van der Waals surface area (Å²) in [6.45, 7) is 8.57. The third kappa shape index (κ3) is 5.15. The van der Waals surface area contributed by atoms with Gasteiger partial charge in [-0.2, -0.15) is 0 Å². The van der Waals surface area contributed by atoms with E-state index in [1.54, 1.807) is 17.0 Å². The first-order chi connectivity index (χ1) is 12.2. The zero-order chi connectivity index (χ0) is 19.3. The second-order valence-corrected chi connectivity index (χ2v) is 7.82.